The lowest BCUT2D eigenvalue weighted by molar-refractivity contribution is 0.103. The molecule has 0 aliphatic carbocycles. The molecule has 0 aliphatic heterocycles. The Kier molecular flexibility index (Phi) is 3.94. The first-order valence-electron chi connectivity index (χ1n) is 6.70. The number of nitrogens with zero attached hydrogens (tertiary/aromatic N) is 1. The molecule has 3 aromatic rings. The maximum atomic E-state index is 12.4. The van der Waals surface area contributed by atoms with Crippen LogP contribution in [0.15, 0.2) is 76.3 Å². The molecule has 2 aromatic carbocycles. The summed E-state index contributed by atoms with van der Waals surface area (Å²) in [6, 6.07) is 15.7. The van der Waals surface area contributed by atoms with Crippen molar-refractivity contribution in [3.63, 3.8) is 0 Å². The number of ketones is 1. The number of carbonyl (C=O) groups is 1. The largest absolute Gasteiger partial charge is 0.364 e. The molecular formula is C16H12N2O4S. The fraction of sp³-hybridized carbons (Fsp3) is 0. The summed E-state index contributed by atoms with van der Waals surface area (Å²) in [6.07, 6.45) is 1.28. The average molecular weight is 328 g/mol. The zero-order valence-corrected chi connectivity index (χ0v) is 12.7. The molecule has 1 heterocycles. The molecular weight excluding hydrogens is 316 g/mol. The van der Waals surface area contributed by atoms with Crippen molar-refractivity contribution >= 4 is 21.5 Å². The molecule has 6 nitrogen and oxygen atoms in total. The van der Waals surface area contributed by atoms with E-state index in [2.05, 4.69) is 14.4 Å². The molecule has 0 aliphatic rings. The van der Waals surface area contributed by atoms with E-state index in [4.69, 9.17) is 0 Å². The van der Waals surface area contributed by atoms with Crippen molar-refractivity contribution in [2.75, 3.05) is 4.72 Å². The van der Waals surface area contributed by atoms with Gasteiger partial charge in [-0.2, -0.15) is 0 Å². The van der Waals surface area contributed by atoms with E-state index < -0.39 is 15.8 Å². The van der Waals surface area contributed by atoms with Gasteiger partial charge in [-0.05, 0) is 24.3 Å². The maximum Gasteiger partial charge on any atom is 0.261 e. The van der Waals surface area contributed by atoms with E-state index in [1.54, 1.807) is 30.3 Å². The smallest absolute Gasteiger partial charge is 0.261 e. The normalized spacial score (nSPS) is 11.1. The number of rotatable bonds is 5. The van der Waals surface area contributed by atoms with Gasteiger partial charge in [-0.3, -0.25) is 9.52 Å². The van der Waals surface area contributed by atoms with Crippen LogP contribution in [0.2, 0.25) is 0 Å². The Bertz CT molecular complexity index is 920. The lowest BCUT2D eigenvalue weighted by Gasteiger charge is -2.11. The van der Waals surface area contributed by atoms with Crippen molar-refractivity contribution in [2.24, 2.45) is 0 Å². The van der Waals surface area contributed by atoms with E-state index in [0.29, 0.717) is 0 Å². The molecule has 116 valence electrons. The molecule has 0 fully saturated rings. The highest BCUT2D eigenvalue weighted by molar-refractivity contribution is 7.92. The predicted octanol–water partition coefficient (Wildman–Crippen LogP) is 2.71. The van der Waals surface area contributed by atoms with Gasteiger partial charge in [-0.25, -0.2) is 8.42 Å². The SMILES string of the molecule is O=C(c1ccon1)c1ccccc1NS(=O)(=O)c1ccccc1. The zero-order valence-electron chi connectivity index (χ0n) is 11.8. The quantitative estimate of drug-likeness (QED) is 0.727. The summed E-state index contributed by atoms with van der Waals surface area (Å²) in [6.45, 7) is 0. The predicted molar refractivity (Wildman–Crippen MR) is 83.6 cm³/mol. The molecule has 0 saturated heterocycles. The number of carbonyl (C=O) groups excluding carboxylic acids is 1. The maximum absolute atomic E-state index is 12.4. The monoisotopic (exact) mass is 328 g/mol. The van der Waals surface area contributed by atoms with Crippen LogP contribution in [0.4, 0.5) is 5.69 Å². The minimum Gasteiger partial charge on any atom is -0.364 e. The van der Waals surface area contributed by atoms with Gasteiger partial charge in [0.05, 0.1) is 10.6 Å². The number of benzene rings is 2. The van der Waals surface area contributed by atoms with E-state index in [0.717, 1.165) is 0 Å². The number of nitrogens with one attached hydrogen (secondary N) is 1. The van der Waals surface area contributed by atoms with E-state index >= 15 is 0 Å². The van der Waals surface area contributed by atoms with Crippen molar-refractivity contribution in [3.8, 4) is 0 Å². The van der Waals surface area contributed by atoms with Gasteiger partial charge in [0.1, 0.15) is 6.26 Å². The van der Waals surface area contributed by atoms with Crippen LogP contribution >= 0.6 is 0 Å². The average Bonchev–Trinajstić information content (AvgIpc) is 3.10. The molecule has 0 radical (unpaired) electrons. The summed E-state index contributed by atoms with van der Waals surface area (Å²) >= 11 is 0. The standard InChI is InChI=1S/C16H12N2O4S/c19-16(15-10-11-22-17-15)13-8-4-5-9-14(13)18-23(20,21)12-6-2-1-3-7-12/h1-11,18H. The van der Waals surface area contributed by atoms with Gasteiger partial charge in [0.25, 0.3) is 10.0 Å². The highest BCUT2D eigenvalue weighted by atomic mass is 32.2. The Hall–Kier alpha value is -2.93. The highest BCUT2D eigenvalue weighted by Gasteiger charge is 2.20. The summed E-state index contributed by atoms with van der Waals surface area (Å²) in [5.41, 5.74) is 0.488. The van der Waals surface area contributed by atoms with Crippen LogP contribution in [0.3, 0.4) is 0 Å². The van der Waals surface area contributed by atoms with E-state index in [1.165, 1.54) is 36.6 Å². The first-order chi connectivity index (χ1) is 11.1. The molecule has 0 unspecified atom stereocenters. The molecule has 0 spiro atoms. The third-order valence-electron chi connectivity index (χ3n) is 3.14. The van der Waals surface area contributed by atoms with Crippen molar-refractivity contribution < 1.29 is 17.7 Å². The van der Waals surface area contributed by atoms with Gasteiger partial charge in [0.2, 0.25) is 5.78 Å². The second kappa shape index (κ2) is 6.05. The van der Waals surface area contributed by atoms with Crippen molar-refractivity contribution in [3.05, 3.63) is 78.2 Å². The van der Waals surface area contributed by atoms with Crippen LogP contribution in [-0.2, 0) is 10.0 Å². The Morgan fingerprint density at radius 1 is 0.957 bits per heavy atom. The molecule has 23 heavy (non-hydrogen) atoms. The molecule has 0 bridgehead atoms. The van der Waals surface area contributed by atoms with Crippen molar-refractivity contribution in [1.82, 2.24) is 5.16 Å². The number of hydrogen-bond acceptors (Lipinski definition) is 5. The Labute approximate surface area is 132 Å². The number of sulfonamides is 1. The second-order valence-electron chi connectivity index (χ2n) is 4.68. The molecule has 7 heteroatoms. The van der Waals surface area contributed by atoms with Gasteiger partial charge in [-0.15, -0.1) is 0 Å². The molecule has 1 N–H and O–H groups in total. The topological polar surface area (TPSA) is 89.3 Å². The summed E-state index contributed by atoms with van der Waals surface area (Å²) in [7, 11) is -3.78. The number of aromatic nitrogens is 1. The first-order valence-corrected chi connectivity index (χ1v) is 8.18. The van der Waals surface area contributed by atoms with Crippen molar-refractivity contribution in [1.29, 1.82) is 0 Å². The van der Waals surface area contributed by atoms with Gasteiger partial charge in [0, 0.05) is 11.6 Å². The number of hydrogen-bond donors (Lipinski definition) is 1. The van der Waals surface area contributed by atoms with E-state index in [1.807, 2.05) is 0 Å². The highest BCUT2D eigenvalue weighted by Crippen LogP contribution is 2.22. The summed E-state index contributed by atoms with van der Waals surface area (Å²) < 4.78 is 31.9. The molecule has 0 amide bonds. The van der Waals surface area contributed by atoms with Crippen LogP contribution in [0.5, 0.6) is 0 Å². The fourth-order valence-electron chi connectivity index (χ4n) is 2.04. The van der Waals surface area contributed by atoms with Gasteiger partial charge in [0.15, 0.2) is 5.69 Å². The Morgan fingerprint density at radius 3 is 2.35 bits per heavy atom. The third kappa shape index (κ3) is 3.14. The van der Waals surface area contributed by atoms with Gasteiger partial charge in [-0.1, -0.05) is 35.5 Å². The van der Waals surface area contributed by atoms with Crippen LogP contribution in [0.1, 0.15) is 16.1 Å². The summed E-state index contributed by atoms with van der Waals surface area (Å²) in [5.74, 6) is -0.426. The second-order valence-corrected chi connectivity index (χ2v) is 6.36. The first kappa shape index (κ1) is 15.0. The third-order valence-corrected chi connectivity index (χ3v) is 4.52. The summed E-state index contributed by atoms with van der Waals surface area (Å²) in [5, 5.41) is 3.59. The van der Waals surface area contributed by atoms with Crippen LogP contribution in [0.25, 0.3) is 0 Å². The van der Waals surface area contributed by atoms with E-state index in [-0.39, 0.29) is 21.8 Å². The number of para-hydroxylation sites is 1. The Balaban J connectivity index is 1.97. The van der Waals surface area contributed by atoms with Crippen LogP contribution in [0, 0.1) is 0 Å². The molecule has 1 aromatic heterocycles. The fourth-order valence-corrected chi connectivity index (χ4v) is 3.14. The molecule has 3 rings (SSSR count). The Morgan fingerprint density at radius 2 is 1.65 bits per heavy atom. The van der Waals surface area contributed by atoms with Crippen molar-refractivity contribution in [2.45, 2.75) is 4.90 Å². The van der Waals surface area contributed by atoms with E-state index in [9.17, 15) is 13.2 Å². The van der Waals surface area contributed by atoms with Gasteiger partial charge >= 0.3 is 0 Å². The minimum atomic E-state index is -3.78. The minimum absolute atomic E-state index is 0.108. The molecule has 0 saturated carbocycles. The van der Waals surface area contributed by atoms with Gasteiger partial charge < -0.3 is 4.52 Å². The lowest BCUT2D eigenvalue weighted by Crippen LogP contribution is -2.16. The number of anilines is 1. The van der Waals surface area contributed by atoms with Crippen LogP contribution in [-0.4, -0.2) is 19.4 Å². The van der Waals surface area contributed by atoms with Crippen LogP contribution < -0.4 is 4.72 Å². The summed E-state index contributed by atoms with van der Waals surface area (Å²) in [4.78, 5) is 12.5. The molecule has 0 atom stereocenters. The zero-order chi connectivity index (χ0) is 16.3. The lowest BCUT2D eigenvalue weighted by atomic mass is 10.1.